The van der Waals surface area contributed by atoms with Crippen LogP contribution in [0.15, 0.2) is 53.6 Å². The second kappa shape index (κ2) is 10.4. The van der Waals surface area contributed by atoms with Crippen LogP contribution in [-0.2, 0) is 17.4 Å². The molecular weight excluding hydrogens is 477 g/mol. The highest BCUT2D eigenvalue weighted by atomic mass is 32.2. The lowest BCUT2D eigenvalue weighted by molar-refractivity contribution is -0.139. The van der Waals surface area contributed by atoms with Crippen molar-refractivity contribution in [1.82, 2.24) is 9.78 Å². The van der Waals surface area contributed by atoms with Crippen molar-refractivity contribution in [1.29, 1.82) is 0 Å². The SMILES string of the molecule is CCc1nn(-c2ccc(C(F)(F)F)cc2)cc1C(C)COc1ccc(SC(C)(C)C(=O)O)cc1C. The number of rotatable bonds is 9. The Morgan fingerprint density at radius 3 is 2.37 bits per heavy atom. The molecule has 3 rings (SSSR count). The number of thioether (sulfide) groups is 1. The Kier molecular flexibility index (Phi) is 7.89. The third-order valence-electron chi connectivity index (χ3n) is 5.67. The lowest BCUT2D eigenvalue weighted by atomic mass is 10.0. The number of nitrogens with zero attached hydrogens (tertiary/aromatic N) is 2. The van der Waals surface area contributed by atoms with E-state index >= 15 is 0 Å². The maximum Gasteiger partial charge on any atom is 0.416 e. The van der Waals surface area contributed by atoms with Crippen LogP contribution in [0.4, 0.5) is 13.2 Å². The van der Waals surface area contributed by atoms with Gasteiger partial charge in [-0.25, -0.2) is 4.68 Å². The highest BCUT2D eigenvalue weighted by Crippen LogP contribution is 2.35. The van der Waals surface area contributed by atoms with E-state index in [1.165, 1.54) is 23.9 Å². The third-order valence-corrected chi connectivity index (χ3v) is 6.85. The van der Waals surface area contributed by atoms with Crippen LogP contribution in [-0.4, -0.2) is 32.2 Å². The van der Waals surface area contributed by atoms with Gasteiger partial charge in [0.05, 0.1) is 23.6 Å². The summed E-state index contributed by atoms with van der Waals surface area (Å²) in [7, 11) is 0. The van der Waals surface area contributed by atoms with Crippen molar-refractivity contribution in [2.24, 2.45) is 0 Å². The Hall–Kier alpha value is -2.94. The van der Waals surface area contributed by atoms with Crippen molar-refractivity contribution in [3.8, 4) is 11.4 Å². The van der Waals surface area contributed by atoms with E-state index in [2.05, 4.69) is 5.10 Å². The van der Waals surface area contributed by atoms with Gasteiger partial charge in [0.2, 0.25) is 0 Å². The lowest BCUT2D eigenvalue weighted by Gasteiger charge is -2.19. The van der Waals surface area contributed by atoms with Crippen LogP contribution in [0.1, 0.15) is 56.0 Å². The molecule has 1 unspecified atom stereocenters. The van der Waals surface area contributed by atoms with Crippen molar-refractivity contribution in [3.63, 3.8) is 0 Å². The van der Waals surface area contributed by atoms with Gasteiger partial charge < -0.3 is 9.84 Å². The van der Waals surface area contributed by atoms with Crippen LogP contribution in [0, 0.1) is 6.92 Å². The first-order chi connectivity index (χ1) is 16.3. The van der Waals surface area contributed by atoms with Gasteiger partial charge in [-0.3, -0.25) is 4.79 Å². The minimum absolute atomic E-state index is 0.00690. The predicted molar refractivity (Wildman–Crippen MR) is 131 cm³/mol. The molecule has 0 aliphatic carbocycles. The van der Waals surface area contributed by atoms with Crippen molar-refractivity contribution >= 4 is 17.7 Å². The average Bonchev–Trinajstić information content (AvgIpc) is 3.22. The highest BCUT2D eigenvalue weighted by molar-refractivity contribution is 8.01. The number of carbonyl (C=O) groups is 1. The summed E-state index contributed by atoms with van der Waals surface area (Å²) >= 11 is 1.28. The van der Waals surface area contributed by atoms with Gasteiger partial charge in [0.25, 0.3) is 0 Å². The molecule has 0 saturated carbocycles. The Balaban J connectivity index is 1.72. The molecule has 3 aromatic rings. The van der Waals surface area contributed by atoms with Gasteiger partial charge in [0.15, 0.2) is 0 Å². The molecular formula is C26H29F3N2O3S. The minimum atomic E-state index is -4.38. The number of ether oxygens (including phenoxy) is 1. The van der Waals surface area contributed by atoms with Crippen LogP contribution >= 0.6 is 11.8 Å². The molecule has 5 nitrogen and oxygen atoms in total. The van der Waals surface area contributed by atoms with Gasteiger partial charge in [-0.15, -0.1) is 11.8 Å². The second-order valence-corrected chi connectivity index (χ2v) is 10.6. The van der Waals surface area contributed by atoms with Crippen LogP contribution in [0.25, 0.3) is 5.69 Å². The normalized spacial score (nSPS) is 13.0. The van der Waals surface area contributed by atoms with Crippen molar-refractivity contribution < 1.29 is 27.8 Å². The number of carboxylic acids is 1. The zero-order chi connectivity index (χ0) is 26.0. The Bertz CT molecular complexity index is 1190. The summed E-state index contributed by atoms with van der Waals surface area (Å²) in [4.78, 5) is 12.2. The zero-order valence-corrected chi connectivity index (χ0v) is 21.1. The van der Waals surface area contributed by atoms with Crippen molar-refractivity contribution in [2.45, 2.75) is 62.8 Å². The van der Waals surface area contributed by atoms with Gasteiger partial charge in [-0.05, 0) is 80.8 Å². The Morgan fingerprint density at radius 1 is 1.17 bits per heavy atom. The van der Waals surface area contributed by atoms with E-state index in [1.807, 2.05) is 45.2 Å². The largest absolute Gasteiger partial charge is 0.493 e. The van der Waals surface area contributed by atoms with E-state index in [1.54, 1.807) is 18.5 Å². The van der Waals surface area contributed by atoms with Gasteiger partial charge in [-0.1, -0.05) is 13.8 Å². The highest BCUT2D eigenvalue weighted by Gasteiger charge is 2.30. The number of benzene rings is 2. The second-order valence-electron chi connectivity index (χ2n) is 8.93. The van der Waals surface area contributed by atoms with E-state index in [9.17, 15) is 23.1 Å². The molecule has 0 radical (unpaired) electrons. The Labute approximate surface area is 207 Å². The van der Waals surface area contributed by atoms with E-state index in [4.69, 9.17) is 4.74 Å². The molecule has 1 heterocycles. The fourth-order valence-electron chi connectivity index (χ4n) is 3.53. The van der Waals surface area contributed by atoms with E-state index in [-0.39, 0.29) is 5.92 Å². The molecule has 0 amide bonds. The molecule has 9 heteroatoms. The molecule has 1 atom stereocenters. The molecule has 0 spiro atoms. The molecule has 0 bridgehead atoms. The summed E-state index contributed by atoms with van der Waals surface area (Å²) in [5.41, 5.74) is 2.60. The molecule has 0 fully saturated rings. The summed E-state index contributed by atoms with van der Waals surface area (Å²) in [5, 5.41) is 13.9. The number of aryl methyl sites for hydroxylation is 2. The molecule has 0 aliphatic heterocycles. The first kappa shape index (κ1) is 26.7. The van der Waals surface area contributed by atoms with Crippen LogP contribution in [0.5, 0.6) is 5.75 Å². The molecule has 1 aromatic heterocycles. The van der Waals surface area contributed by atoms with Gasteiger partial charge in [0.1, 0.15) is 10.5 Å². The van der Waals surface area contributed by atoms with E-state index < -0.39 is 22.5 Å². The average molecular weight is 507 g/mol. The first-order valence-electron chi connectivity index (χ1n) is 11.2. The van der Waals surface area contributed by atoms with Crippen molar-refractivity contribution in [3.05, 3.63) is 71.0 Å². The summed E-state index contributed by atoms with van der Waals surface area (Å²) in [6.45, 7) is 9.63. The quantitative estimate of drug-likeness (QED) is 0.320. The van der Waals surface area contributed by atoms with E-state index in [0.29, 0.717) is 24.5 Å². The summed E-state index contributed by atoms with van der Waals surface area (Å²) in [5.74, 6) is -0.173. The maximum absolute atomic E-state index is 12.9. The zero-order valence-electron chi connectivity index (χ0n) is 20.3. The fraction of sp³-hybridized carbons (Fsp3) is 0.385. The summed E-state index contributed by atoms with van der Waals surface area (Å²) in [6.07, 6.45) is -1.86. The van der Waals surface area contributed by atoms with Crippen LogP contribution in [0.2, 0.25) is 0 Å². The Morgan fingerprint density at radius 2 is 1.83 bits per heavy atom. The molecule has 0 aliphatic rings. The van der Waals surface area contributed by atoms with Crippen LogP contribution in [0.3, 0.4) is 0 Å². The number of halogens is 3. The fourth-order valence-corrected chi connectivity index (χ4v) is 4.58. The van der Waals surface area contributed by atoms with Crippen LogP contribution < -0.4 is 4.74 Å². The number of aromatic nitrogens is 2. The minimum Gasteiger partial charge on any atom is -0.493 e. The summed E-state index contributed by atoms with van der Waals surface area (Å²) < 4.78 is 45.3. The van der Waals surface area contributed by atoms with Gasteiger partial charge in [0, 0.05) is 17.0 Å². The molecule has 35 heavy (non-hydrogen) atoms. The first-order valence-corrected chi connectivity index (χ1v) is 12.1. The topological polar surface area (TPSA) is 64.4 Å². The summed E-state index contributed by atoms with van der Waals surface area (Å²) in [6, 6.07) is 10.5. The number of hydrogen-bond donors (Lipinski definition) is 1. The predicted octanol–water partition coefficient (Wildman–Crippen LogP) is 6.90. The van der Waals surface area contributed by atoms with Gasteiger partial charge >= 0.3 is 12.1 Å². The number of carboxylic acid groups (broad SMARTS) is 1. The molecule has 188 valence electrons. The standard InChI is InChI=1S/C26H29F3N2O3S/c1-6-22-21(14-31(30-22)19-9-7-18(8-10-19)26(27,28)29)17(3)15-34-23-12-11-20(13-16(23)2)35-25(4,5)24(32)33/h7-14,17H,6,15H2,1-5H3,(H,32,33). The molecule has 1 N–H and O–H groups in total. The van der Waals surface area contributed by atoms with E-state index in [0.717, 1.165) is 33.8 Å². The monoisotopic (exact) mass is 506 g/mol. The third kappa shape index (κ3) is 6.39. The molecule has 0 saturated heterocycles. The smallest absolute Gasteiger partial charge is 0.416 e. The van der Waals surface area contributed by atoms with Gasteiger partial charge in [-0.2, -0.15) is 18.3 Å². The maximum atomic E-state index is 12.9. The number of alkyl halides is 3. The lowest BCUT2D eigenvalue weighted by Crippen LogP contribution is -2.26. The van der Waals surface area contributed by atoms with Crippen molar-refractivity contribution in [2.75, 3.05) is 6.61 Å². The number of hydrogen-bond acceptors (Lipinski definition) is 4. The number of aliphatic carboxylic acids is 1. The molecule has 2 aromatic carbocycles.